The third kappa shape index (κ3) is 0.966. The molecule has 1 aliphatic heterocycles. The summed E-state index contributed by atoms with van der Waals surface area (Å²) in [5, 5.41) is 0. The van der Waals surface area contributed by atoms with Crippen molar-refractivity contribution in [3.05, 3.63) is 22.8 Å². The lowest BCUT2D eigenvalue weighted by molar-refractivity contribution is 0.623. The average molecular weight is 153 g/mol. The molecule has 1 aliphatic carbocycles. The van der Waals surface area contributed by atoms with E-state index in [1.807, 2.05) is 17.8 Å². The number of nitrogens with two attached hydrogens (primary N) is 1. The Hall–Kier alpha value is -0.370. The molecule has 0 saturated carbocycles. The Morgan fingerprint density at radius 1 is 1.50 bits per heavy atom. The van der Waals surface area contributed by atoms with Crippen LogP contribution < -0.4 is 5.73 Å². The topological polar surface area (TPSA) is 26.0 Å². The summed E-state index contributed by atoms with van der Waals surface area (Å²) in [6.07, 6.45) is 6.65. The lowest BCUT2D eigenvalue weighted by Gasteiger charge is -2.14. The number of hydrogen-bond acceptors (Lipinski definition) is 2. The molecule has 2 heteroatoms. The first kappa shape index (κ1) is 6.35. The fourth-order valence-corrected chi connectivity index (χ4v) is 2.75. The van der Waals surface area contributed by atoms with Crippen molar-refractivity contribution in [2.75, 3.05) is 5.75 Å². The zero-order valence-corrected chi connectivity index (χ0v) is 6.66. The Balaban J connectivity index is 2.22. The van der Waals surface area contributed by atoms with E-state index in [0.717, 1.165) is 18.0 Å². The van der Waals surface area contributed by atoms with Crippen LogP contribution in [0.4, 0.5) is 0 Å². The lowest BCUT2D eigenvalue weighted by Crippen LogP contribution is -2.08. The van der Waals surface area contributed by atoms with Gasteiger partial charge in [-0.15, -0.1) is 11.8 Å². The van der Waals surface area contributed by atoms with Crippen molar-refractivity contribution in [1.29, 1.82) is 0 Å². The van der Waals surface area contributed by atoms with Gasteiger partial charge in [-0.2, -0.15) is 0 Å². The van der Waals surface area contributed by atoms with Crippen LogP contribution in [0.2, 0.25) is 0 Å². The molecule has 2 aliphatic rings. The normalized spacial score (nSPS) is 31.0. The van der Waals surface area contributed by atoms with Gasteiger partial charge in [-0.25, -0.2) is 0 Å². The Morgan fingerprint density at radius 2 is 2.40 bits per heavy atom. The van der Waals surface area contributed by atoms with Gasteiger partial charge in [-0.3, -0.25) is 0 Å². The van der Waals surface area contributed by atoms with Gasteiger partial charge >= 0.3 is 0 Å². The monoisotopic (exact) mass is 153 g/mol. The summed E-state index contributed by atoms with van der Waals surface area (Å²) in [6.45, 7) is 0. The Kier molecular flexibility index (Phi) is 1.49. The van der Waals surface area contributed by atoms with Gasteiger partial charge in [-0.1, -0.05) is 6.08 Å². The largest absolute Gasteiger partial charge is 0.402 e. The van der Waals surface area contributed by atoms with Gasteiger partial charge in [0.2, 0.25) is 0 Å². The Labute approximate surface area is 65.4 Å². The van der Waals surface area contributed by atoms with E-state index in [-0.39, 0.29) is 0 Å². The molecule has 1 heterocycles. The van der Waals surface area contributed by atoms with Gasteiger partial charge in [-0.05, 0) is 35.5 Å². The summed E-state index contributed by atoms with van der Waals surface area (Å²) >= 11 is 1.99. The molecule has 0 spiro atoms. The molecule has 0 aromatic heterocycles. The fourth-order valence-electron chi connectivity index (χ4n) is 1.51. The van der Waals surface area contributed by atoms with Gasteiger partial charge in [0, 0.05) is 5.70 Å². The lowest BCUT2D eigenvalue weighted by atomic mass is 9.96. The maximum Gasteiger partial charge on any atom is 0.00870 e. The Morgan fingerprint density at radius 3 is 3.30 bits per heavy atom. The molecular formula is C8H11NS. The van der Waals surface area contributed by atoms with E-state index in [9.17, 15) is 0 Å². The van der Waals surface area contributed by atoms with Crippen LogP contribution in [0, 0.1) is 5.92 Å². The highest BCUT2D eigenvalue weighted by molar-refractivity contribution is 8.03. The first-order valence-corrected chi connectivity index (χ1v) is 4.64. The van der Waals surface area contributed by atoms with Crippen molar-refractivity contribution in [2.24, 2.45) is 11.7 Å². The van der Waals surface area contributed by atoms with E-state index >= 15 is 0 Å². The smallest absolute Gasteiger partial charge is 0.00870 e. The maximum atomic E-state index is 5.70. The van der Waals surface area contributed by atoms with E-state index < -0.39 is 0 Å². The minimum atomic E-state index is 0.773. The quantitative estimate of drug-likeness (QED) is 0.575. The van der Waals surface area contributed by atoms with Crippen LogP contribution in [-0.4, -0.2) is 5.75 Å². The van der Waals surface area contributed by atoms with Crippen LogP contribution in [-0.2, 0) is 0 Å². The minimum absolute atomic E-state index is 0.773. The third-order valence-electron chi connectivity index (χ3n) is 2.08. The molecule has 1 unspecified atom stereocenters. The molecule has 54 valence electrons. The molecule has 1 atom stereocenters. The fraction of sp³-hybridized carbons (Fsp3) is 0.500. The molecule has 10 heavy (non-hydrogen) atoms. The molecule has 0 bridgehead atoms. The second-order valence-corrected chi connectivity index (χ2v) is 4.02. The predicted molar refractivity (Wildman–Crippen MR) is 45.5 cm³/mol. The summed E-state index contributed by atoms with van der Waals surface area (Å²) in [5.41, 5.74) is 6.75. The second kappa shape index (κ2) is 2.35. The summed E-state index contributed by atoms with van der Waals surface area (Å²) in [6, 6.07) is 0. The summed E-state index contributed by atoms with van der Waals surface area (Å²) in [7, 11) is 0. The Bertz CT molecular complexity index is 205. The summed E-state index contributed by atoms with van der Waals surface area (Å²) in [5.74, 6) is 2.06. The molecule has 0 aromatic rings. The van der Waals surface area contributed by atoms with Gasteiger partial charge in [0.15, 0.2) is 0 Å². The molecule has 1 fully saturated rings. The first-order valence-electron chi connectivity index (χ1n) is 3.65. The number of thioether (sulfide) groups is 1. The SMILES string of the molecule is NC1=CC=C2SCCC2C1. The number of fused-ring (bicyclic) bond motifs is 1. The summed E-state index contributed by atoms with van der Waals surface area (Å²) in [4.78, 5) is 1.55. The van der Waals surface area contributed by atoms with Crippen molar-refractivity contribution in [3.8, 4) is 0 Å². The van der Waals surface area contributed by atoms with Gasteiger partial charge < -0.3 is 5.73 Å². The van der Waals surface area contributed by atoms with Gasteiger partial charge in [0.25, 0.3) is 0 Å². The van der Waals surface area contributed by atoms with Crippen LogP contribution in [0.15, 0.2) is 22.8 Å². The molecular weight excluding hydrogens is 142 g/mol. The van der Waals surface area contributed by atoms with Crippen LogP contribution in [0.5, 0.6) is 0 Å². The van der Waals surface area contributed by atoms with Crippen molar-refractivity contribution < 1.29 is 0 Å². The molecule has 0 radical (unpaired) electrons. The number of hydrogen-bond donors (Lipinski definition) is 1. The zero-order valence-electron chi connectivity index (χ0n) is 5.84. The van der Waals surface area contributed by atoms with Crippen LogP contribution in [0.1, 0.15) is 12.8 Å². The first-order chi connectivity index (χ1) is 4.86. The molecule has 1 nitrogen and oxygen atoms in total. The zero-order chi connectivity index (χ0) is 6.97. The highest BCUT2D eigenvalue weighted by Gasteiger charge is 2.23. The van der Waals surface area contributed by atoms with Crippen molar-refractivity contribution >= 4 is 11.8 Å². The van der Waals surface area contributed by atoms with Crippen molar-refractivity contribution in [1.82, 2.24) is 0 Å². The van der Waals surface area contributed by atoms with Gasteiger partial charge in [0.05, 0.1) is 0 Å². The molecule has 0 amide bonds. The average Bonchev–Trinajstić information content (AvgIpc) is 2.33. The standard InChI is InChI=1S/C8H11NS/c9-7-1-2-8-6(5-7)3-4-10-8/h1-2,6H,3-5,9H2. The minimum Gasteiger partial charge on any atom is -0.402 e. The van der Waals surface area contributed by atoms with E-state index in [4.69, 9.17) is 5.73 Å². The number of rotatable bonds is 0. The van der Waals surface area contributed by atoms with Gasteiger partial charge in [0.1, 0.15) is 0 Å². The van der Waals surface area contributed by atoms with Crippen LogP contribution in [0.3, 0.4) is 0 Å². The predicted octanol–water partition coefficient (Wildman–Crippen LogP) is 1.87. The van der Waals surface area contributed by atoms with Crippen LogP contribution in [0.25, 0.3) is 0 Å². The highest BCUT2D eigenvalue weighted by atomic mass is 32.2. The van der Waals surface area contributed by atoms with E-state index in [1.54, 1.807) is 4.91 Å². The summed E-state index contributed by atoms with van der Waals surface area (Å²) < 4.78 is 0. The maximum absolute atomic E-state index is 5.70. The second-order valence-electron chi connectivity index (χ2n) is 2.85. The van der Waals surface area contributed by atoms with E-state index in [2.05, 4.69) is 6.08 Å². The van der Waals surface area contributed by atoms with E-state index in [1.165, 1.54) is 12.2 Å². The molecule has 2 N–H and O–H groups in total. The van der Waals surface area contributed by atoms with Crippen LogP contribution >= 0.6 is 11.8 Å². The van der Waals surface area contributed by atoms with E-state index in [0.29, 0.717) is 0 Å². The number of allylic oxidation sites excluding steroid dienone is 4. The van der Waals surface area contributed by atoms with Crippen molar-refractivity contribution in [2.45, 2.75) is 12.8 Å². The third-order valence-corrected chi connectivity index (χ3v) is 3.32. The highest BCUT2D eigenvalue weighted by Crippen LogP contribution is 2.40. The van der Waals surface area contributed by atoms with Crippen molar-refractivity contribution in [3.63, 3.8) is 0 Å². The molecule has 2 rings (SSSR count). The molecule has 0 aromatic carbocycles. The molecule has 1 saturated heterocycles.